The van der Waals surface area contributed by atoms with E-state index in [0.717, 1.165) is 0 Å². The van der Waals surface area contributed by atoms with Crippen LogP contribution in [0.3, 0.4) is 0 Å². The lowest BCUT2D eigenvalue weighted by molar-refractivity contribution is 0.0682. The van der Waals surface area contributed by atoms with Crippen LogP contribution in [0.15, 0.2) is 0 Å². The second-order valence-electron chi connectivity index (χ2n) is 4.13. The monoisotopic (exact) mass is 190 g/mol. The van der Waals surface area contributed by atoms with Crippen molar-refractivity contribution in [3.63, 3.8) is 0 Å². The van der Waals surface area contributed by atoms with E-state index in [1.54, 1.807) is 0 Å². The molecule has 0 aromatic rings. The fraction of sp³-hybridized carbons (Fsp3) is 1.00. The lowest BCUT2D eigenvalue weighted by Crippen LogP contribution is -2.25. The molecule has 3 nitrogen and oxygen atoms in total. The maximum atomic E-state index is 11.3. The minimum Gasteiger partial charge on any atom is -0.308 e. The van der Waals surface area contributed by atoms with Crippen molar-refractivity contribution in [1.29, 1.82) is 0 Å². The smallest absolute Gasteiger partial charge is 0.308 e. The first-order valence-electron chi connectivity index (χ1n) is 4.34. The third kappa shape index (κ3) is 1.07. The Hall–Kier alpha value is 0.150. The number of rotatable bonds is 0. The van der Waals surface area contributed by atoms with E-state index in [1.165, 1.54) is 6.66 Å². The van der Waals surface area contributed by atoms with Gasteiger partial charge in [-0.1, -0.05) is 13.8 Å². The normalized spacial score (nSPS) is 58.9. The van der Waals surface area contributed by atoms with E-state index < -0.39 is 7.60 Å². The summed E-state index contributed by atoms with van der Waals surface area (Å²) in [6, 6.07) is 0. The zero-order valence-corrected chi connectivity index (χ0v) is 8.64. The van der Waals surface area contributed by atoms with Gasteiger partial charge in [-0.15, -0.1) is 0 Å². The maximum Gasteiger partial charge on any atom is 0.327 e. The van der Waals surface area contributed by atoms with E-state index in [1.807, 2.05) is 0 Å². The minimum absolute atomic E-state index is 0.184. The van der Waals surface area contributed by atoms with Crippen LogP contribution in [0.4, 0.5) is 0 Å². The van der Waals surface area contributed by atoms with Crippen molar-refractivity contribution < 1.29 is 13.6 Å². The molecule has 2 unspecified atom stereocenters. The molecular formula is C8H15O3P. The lowest BCUT2D eigenvalue weighted by Gasteiger charge is -2.27. The van der Waals surface area contributed by atoms with Gasteiger partial charge >= 0.3 is 7.60 Å². The molecule has 12 heavy (non-hydrogen) atoms. The van der Waals surface area contributed by atoms with E-state index in [-0.39, 0.29) is 5.41 Å². The average molecular weight is 190 g/mol. The molecule has 1 heterocycles. The Morgan fingerprint density at radius 1 is 1.25 bits per heavy atom. The van der Waals surface area contributed by atoms with Gasteiger partial charge in [0.15, 0.2) is 0 Å². The quantitative estimate of drug-likeness (QED) is 0.549. The summed E-state index contributed by atoms with van der Waals surface area (Å²) in [5, 5.41) is 0. The molecule has 0 N–H and O–H groups in total. The molecule has 1 spiro atoms. The third-order valence-electron chi connectivity index (χ3n) is 3.59. The highest BCUT2D eigenvalue weighted by Crippen LogP contribution is 2.65. The van der Waals surface area contributed by atoms with Gasteiger partial charge in [0, 0.05) is 12.1 Å². The Morgan fingerprint density at radius 2 is 1.67 bits per heavy atom. The molecule has 0 aromatic heterocycles. The van der Waals surface area contributed by atoms with E-state index >= 15 is 0 Å². The summed E-state index contributed by atoms with van der Waals surface area (Å²) in [5.74, 6) is 1.30. The Morgan fingerprint density at radius 3 is 2.00 bits per heavy atom. The summed E-state index contributed by atoms with van der Waals surface area (Å²) < 4.78 is 21.8. The molecule has 2 atom stereocenters. The lowest BCUT2D eigenvalue weighted by atomic mass is 10.1. The van der Waals surface area contributed by atoms with Gasteiger partial charge in [0.25, 0.3) is 0 Å². The summed E-state index contributed by atoms with van der Waals surface area (Å²) in [6.07, 6.45) is 0. The minimum atomic E-state index is -2.68. The van der Waals surface area contributed by atoms with Gasteiger partial charge in [0.2, 0.25) is 0 Å². The van der Waals surface area contributed by atoms with Crippen LogP contribution in [0.5, 0.6) is 0 Å². The summed E-state index contributed by atoms with van der Waals surface area (Å²) in [7, 11) is -2.68. The highest BCUT2D eigenvalue weighted by molar-refractivity contribution is 7.53. The van der Waals surface area contributed by atoms with Crippen molar-refractivity contribution >= 4 is 7.60 Å². The zero-order chi connectivity index (χ0) is 8.98. The van der Waals surface area contributed by atoms with Gasteiger partial charge < -0.3 is 9.05 Å². The van der Waals surface area contributed by atoms with Crippen LogP contribution < -0.4 is 0 Å². The topological polar surface area (TPSA) is 35.5 Å². The number of hydrogen-bond donors (Lipinski definition) is 0. The molecule has 2 rings (SSSR count). The SMILES string of the molecule is CC1C(C)C12COP(C)(=O)OC2. The molecule has 2 aliphatic rings. The van der Waals surface area contributed by atoms with E-state index in [2.05, 4.69) is 13.8 Å². The molecule has 4 heteroatoms. The van der Waals surface area contributed by atoms with Gasteiger partial charge in [-0.2, -0.15) is 0 Å². The van der Waals surface area contributed by atoms with E-state index in [4.69, 9.17) is 9.05 Å². The predicted octanol–water partition coefficient (Wildman–Crippen LogP) is 2.13. The first-order chi connectivity index (χ1) is 5.48. The van der Waals surface area contributed by atoms with Crippen LogP contribution >= 0.6 is 7.60 Å². The van der Waals surface area contributed by atoms with E-state index in [9.17, 15) is 4.57 Å². The summed E-state index contributed by atoms with van der Waals surface area (Å²) in [5.41, 5.74) is 0.184. The van der Waals surface area contributed by atoms with E-state index in [0.29, 0.717) is 25.0 Å². The molecule has 2 fully saturated rings. The Bertz CT molecular complexity index is 229. The van der Waals surface area contributed by atoms with Crippen molar-refractivity contribution in [1.82, 2.24) is 0 Å². The molecule has 1 aliphatic heterocycles. The molecule has 0 radical (unpaired) electrons. The van der Waals surface area contributed by atoms with Gasteiger partial charge in [-0.3, -0.25) is 4.57 Å². The highest BCUT2D eigenvalue weighted by Gasteiger charge is 2.62. The van der Waals surface area contributed by atoms with Crippen LogP contribution in [-0.4, -0.2) is 19.9 Å². The average Bonchev–Trinajstić information content (AvgIpc) is 2.50. The molecule has 1 saturated carbocycles. The molecule has 70 valence electrons. The van der Waals surface area contributed by atoms with Gasteiger partial charge in [-0.25, -0.2) is 0 Å². The van der Waals surface area contributed by atoms with Gasteiger partial charge in [0.1, 0.15) is 0 Å². The summed E-state index contributed by atoms with van der Waals surface area (Å²) in [6.45, 7) is 7.16. The fourth-order valence-corrected chi connectivity index (χ4v) is 3.05. The molecule has 1 aliphatic carbocycles. The van der Waals surface area contributed by atoms with Crippen LogP contribution in [-0.2, 0) is 13.6 Å². The predicted molar refractivity (Wildman–Crippen MR) is 46.2 cm³/mol. The van der Waals surface area contributed by atoms with Crippen LogP contribution in [0.1, 0.15) is 13.8 Å². The first kappa shape index (κ1) is 8.74. The maximum absolute atomic E-state index is 11.3. The van der Waals surface area contributed by atoms with Gasteiger partial charge in [0.05, 0.1) is 13.2 Å². The molecule has 0 amide bonds. The molecule has 1 saturated heterocycles. The summed E-state index contributed by atoms with van der Waals surface area (Å²) >= 11 is 0. The largest absolute Gasteiger partial charge is 0.327 e. The van der Waals surface area contributed by atoms with Crippen molar-refractivity contribution in [3.05, 3.63) is 0 Å². The second-order valence-corrected chi connectivity index (χ2v) is 6.19. The Labute approximate surface area is 73.0 Å². The molecule has 0 aromatic carbocycles. The fourth-order valence-electron chi connectivity index (χ4n) is 2.03. The Balaban J connectivity index is 2.05. The first-order valence-corrected chi connectivity index (χ1v) is 6.33. The van der Waals surface area contributed by atoms with Crippen molar-refractivity contribution in [2.45, 2.75) is 13.8 Å². The standard InChI is InChI=1S/C8H15O3P/c1-6-7(2)8(6)4-10-12(3,9)11-5-8/h6-7H,4-5H2,1-3H3. The second kappa shape index (κ2) is 2.34. The number of hydrogen-bond acceptors (Lipinski definition) is 3. The van der Waals surface area contributed by atoms with Crippen LogP contribution in [0.2, 0.25) is 0 Å². The van der Waals surface area contributed by atoms with Crippen LogP contribution in [0.25, 0.3) is 0 Å². The van der Waals surface area contributed by atoms with Crippen molar-refractivity contribution in [2.24, 2.45) is 17.3 Å². The highest BCUT2D eigenvalue weighted by atomic mass is 31.2. The summed E-state index contributed by atoms with van der Waals surface area (Å²) in [4.78, 5) is 0. The van der Waals surface area contributed by atoms with Crippen LogP contribution in [0, 0.1) is 17.3 Å². The molecular weight excluding hydrogens is 175 g/mol. The van der Waals surface area contributed by atoms with Crippen molar-refractivity contribution in [2.75, 3.05) is 19.9 Å². The van der Waals surface area contributed by atoms with Gasteiger partial charge in [-0.05, 0) is 11.8 Å². The Kier molecular flexibility index (Phi) is 1.70. The third-order valence-corrected chi connectivity index (χ3v) is 4.79. The molecule has 0 bridgehead atoms. The van der Waals surface area contributed by atoms with Crippen molar-refractivity contribution in [3.8, 4) is 0 Å². The zero-order valence-electron chi connectivity index (χ0n) is 7.74.